The molecule has 2 aromatic carbocycles. The van der Waals surface area contributed by atoms with Gasteiger partial charge in [0.2, 0.25) is 0 Å². The molecule has 0 unspecified atom stereocenters. The lowest BCUT2D eigenvalue weighted by molar-refractivity contribution is -0.138. The highest BCUT2D eigenvalue weighted by Gasteiger charge is 2.34. The third-order valence-electron chi connectivity index (χ3n) is 5.59. The van der Waals surface area contributed by atoms with E-state index in [1.807, 2.05) is 23.1 Å². The first-order valence-corrected chi connectivity index (χ1v) is 10.5. The van der Waals surface area contributed by atoms with Gasteiger partial charge in [-0.1, -0.05) is 18.2 Å². The number of rotatable bonds is 5. The molecule has 0 N–H and O–H groups in total. The van der Waals surface area contributed by atoms with Gasteiger partial charge in [-0.05, 0) is 56.5 Å². The van der Waals surface area contributed by atoms with Gasteiger partial charge in [0.25, 0.3) is 5.91 Å². The Morgan fingerprint density at radius 1 is 1.07 bits per heavy atom. The van der Waals surface area contributed by atoms with Crippen molar-refractivity contribution >= 4 is 11.7 Å². The van der Waals surface area contributed by atoms with E-state index in [1.165, 1.54) is 6.92 Å². The summed E-state index contributed by atoms with van der Waals surface area (Å²) in [4.78, 5) is 26.7. The van der Waals surface area contributed by atoms with Crippen molar-refractivity contribution in [1.29, 1.82) is 0 Å². The van der Waals surface area contributed by atoms with Crippen LogP contribution in [0.2, 0.25) is 0 Å². The lowest BCUT2D eigenvalue weighted by Crippen LogP contribution is -2.40. The summed E-state index contributed by atoms with van der Waals surface area (Å²) in [7, 11) is 0. The van der Waals surface area contributed by atoms with Crippen molar-refractivity contribution in [3.05, 3.63) is 53.6 Å². The van der Waals surface area contributed by atoms with Crippen LogP contribution in [0.5, 0.6) is 17.2 Å². The largest absolute Gasteiger partial charge is 0.490 e. The fourth-order valence-electron chi connectivity index (χ4n) is 4.04. The molecule has 6 nitrogen and oxygen atoms in total. The number of amides is 1. The maximum atomic E-state index is 13.2. The number of hydrogen-bond acceptors (Lipinski definition) is 5. The molecule has 1 amide bonds. The number of ketones is 1. The molecular weight excluding hydrogens is 382 g/mol. The normalized spacial score (nSPS) is 19.1. The van der Waals surface area contributed by atoms with E-state index in [-0.39, 0.29) is 17.7 Å². The van der Waals surface area contributed by atoms with Gasteiger partial charge in [-0.3, -0.25) is 9.59 Å². The third-order valence-corrected chi connectivity index (χ3v) is 5.59. The maximum absolute atomic E-state index is 13.2. The van der Waals surface area contributed by atoms with Crippen LogP contribution in [0, 0.1) is 0 Å². The number of benzene rings is 2. The second-order valence-electron chi connectivity index (χ2n) is 7.79. The van der Waals surface area contributed by atoms with Crippen molar-refractivity contribution in [2.75, 3.05) is 19.8 Å². The first kappa shape index (κ1) is 20.3. The predicted molar refractivity (Wildman–Crippen MR) is 112 cm³/mol. The Balaban J connectivity index is 1.49. The number of hydrogen-bond donors (Lipinski definition) is 0. The number of fused-ring (bicyclic) bond motifs is 1. The SMILES string of the molecule is CC(=O)c1cccc(O[C@@H](C)C(=O)N2CCC[C@H]2c2ccc3c(c2)OCCCO3)c1. The number of nitrogens with zero attached hydrogens (tertiary/aromatic N) is 1. The van der Waals surface area contributed by atoms with Gasteiger partial charge < -0.3 is 19.1 Å². The van der Waals surface area contributed by atoms with E-state index in [2.05, 4.69) is 0 Å². The molecule has 2 aliphatic rings. The number of ether oxygens (including phenoxy) is 3. The maximum Gasteiger partial charge on any atom is 0.263 e. The van der Waals surface area contributed by atoms with E-state index < -0.39 is 6.10 Å². The minimum atomic E-state index is -0.645. The molecule has 2 aromatic rings. The van der Waals surface area contributed by atoms with Crippen molar-refractivity contribution in [1.82, 2.24) is 4.90 Å². The molecule has 0 spiro atoms. The summed E-state index contributed by atoms with van der Waals surface area (Å²) in [6.45, 7) is 5.25. The van der Waals surface area contributed by atoms with E-state index in [1.54, 1.807) is 31.2 Å². The minimum absolute atomic E-state index is 0.00995. The Labute approximate surface area is 176 Å². The van der Waals surface area contributed by atoms with Crippen LogP contribution in [0.25, 0.3) is 0 Å². The number of carbonyl (C=O) groups excluding carboxylic acids is 2. The van der Waals surface area contributed by atoms with Gasteiger partial charge in [0.1, 0.15) is 5.75 Å². The zero-order chi connectivity index (χ0) is 21.1. The molecule has 0 radical (unpaired) electrons. The first-order chi connectivity index (χ1) is 14.5. The van der Waals surface area contributed by atoms with Crippen LogP contribution in [0.4, 0.5) is 0 Å². The van der Waals surface area contributed by atoms with Crippen molar-refractivity contribution < 1.29 is 23.8 Å². The number of Topliss-reactive ketones (excluding diaryl/α,β-unsaturated/α-hetero) is 1. The zero-order valence-corrected chi connectivity index (χ0v) is 17.4. The van der Waals surface area contributed by atoms with Crippen LogP contribution in [0.15, 0.2) is 42.5 Å². The van der Waals surface area contributed by atoms with Gasteiger partial charge in [-0.25, -0.2) is 0 Å². The highest BCUT2D eigenvalue weighted by molar-refractivity contribution is 5.94. The van der Waals surface area contributed by atoms with Gasteiger partial charge in [-0.15, -0.1) is 0 Å². The summed E-state index contributed by atoms with van der Waals surface area (Å²) in [5.41, 5.74) is 1.62. The summed E-state index contributed by atoms with van der Waals surface area (Å²) < 4.78 is 17.4. The van der Waals surface area contributed by atoms with E-state index in [0.29, 0.717) is 31.1 Å². The molecule has 1 saturated heterocycles. The average Bonchev–Trinajstić information content (AvgIpc) is 3.11. The lowest BCUT2D eigenvalue weighted by Gasteiger charge is -2.28. The Morgan fingerprint density at radius 3 is 2.67 bits per heavy atom. The highest BCUT2D eigenvalue weighted by atomic mass is 16.5. The van der Waals surface area contributed by atoms with E-state index in [4.69, 9.17) is 14.2 Å². The predicted octanol–water partition coefficient (Wildman–Crippen LogP) is 4.18. The van der Waals surface area contributed by atoms with Crippen LogP contribution in [0.1, 0.15) is 55.1 Å². The van der Waals surface area contributed by atoms with Gasteiger partial charge in [0.05, 0.1) is 19.3 Å². The zero-order valence-electron chi connectivity index (χ0n) is 17.4. The lowest BCUT2D eigenvalue weighted by atomic mass is 10.0. The number of likely N-dealkylation sites (tertiary alicyclic amines) is 1. The van der Waals surface area contributed by atoms with Gasteiger partial charge in [0.15, 0.2) is 23.4 Å². The summed E-state index contributed by atoms with van der Waals surface area (Å²) in [5, 5.41) is 0. The molecule has 4 rings (SSSR count). The summed E-state index contributed by atoms with van der Waals surface area (Å²) in [5.74, 6) is 1.94. The van der Waals surface area contributed by atoms with Crippen molar-refractivity contribution in [2.24, 2.45) is 0 Å². The Kier molecular flexibility index (Phi) is 5.93. The van der Waals surface area contributed by atoms with E-state index in [0.717, 1.165) is 36.3 Å². The monoisotopic (exact) mass is 409 g/mol. The van der Waals surface area contributed by atoms with Crippen LogP contribution in [0.3, 0.4) is 0 Å². The summed E-state index contributed by atoms with van der Waals surface area (Å²) >= 11 is 0. The van der Waals surface area contributed by atoms with Gasteiger partial charge >= 0.3 is 0 Å². The molecular formula is C24H27NO5. The molecule has 158 valence electrons. The fourth-order valence-corrected chi connectivity index (χ4v) is 4.04. The quantitative estimate of drug-likeness (QED) is 0.693. The molecule has 2 aliphatic heterocycles. The Morgan fingerprint density at radius 2 is 1.87 bits per heavy atom. The standard InChI is InChI=1S/C24H27NO5/c1-16(26)18-6-3-7-20(14-18)30-17(2)24(27)25-11-4-8-21(25)19-9-10-22-23(15-19)29-13-5-12-28-22/h3,6-7,9-10,14-15,17,21H,4-5,8,11-13H2,1-2H3/t17-,21-/m0/s1. The first-order valence-electron chi connectivity index (χ1n) is 10.5. The van der Waals surface area contributed by atoms with Crippen molar-refractivity contribution in [3.63, 3.8) is 0 Å². The number of carbonyl (C=O) groups is 2. The van der Waals surface area contributed by atoms with E-state index >= 15 is 0 Å². The minimum Gasteiger partial charge on any atom is -0.490 e. The van der Waals surface area contributed by atoms with Crippen LogP contribution >= 0.6 is 0 Å². The highest BCUT2D eigenvalue weighted by Crippen LogP contribution is 2.38. The molecule has 2 atom stereocenters. The third kappa shape index (κ3) is 4.27. The second kappa shape index (κ2) is 8.78. The van der Waals surface area contributed by atoms with Crippen LogP contribution in [-0.2, 0) is 4.79 Å². The molecule has 30 heavy (non-hydrogen) atoms. The van der Waals surface area contributed by atoms with Crippen molar-refractivity contribution in [2.45, 2.75) is 45.3 Å². The molecule has 1 fully saturated rings. The van der Waals surface area contributed by atoms with Crippen molar-refractivity contribution in [3.8, 4) is 17.2 Å². The second-order valence-corrected chi connectivity index (χ2v) is 7.79. The molecule has 0 bridgehead atoms. The smallest absolute Gasteiger partial charge is 0.263 e. The molecule has 0 aromatic heterocycles. The van der Waals surface area contributed by atoms with Crippen LogP contribution < -0.4 is 14.2 Å². The Hall–Kier alpha value is -3.02. The molecule has 6 heteroatoms. The summed E-state index contributed by atoms with van der Waals surface area (Å²) in [6.07, 6.45) is 2.06. The molecule has 2 heterocycles. The topological polar surface area (TPSA) is 65.1 Å². The van der Waals surface area contributed by atoms with Gasteiger partial charge in [0, 0.05) is 18.5 Å². The molecule has 0 saturated carbocycles. The average molecular weight is 409 g/mol. The summed E-state index contributed by atoms with van der Waals surface area (Å²) in [6, 6.07) is 12.9. The Bertz CT molecular complexity index is 941. The molecule has 0 aliphatic carbocycles. The fraction of sp³-hybridized carbons (Fsp3) is 0.417. The van der Waals surface area contributed by atoms with Crippen LogP contribution in [-0.4, -0.2) is 42.5 Å². The van der Waals surface area contributed by atoms with Gasteiger partial charge in [-0.2, -0.15) is 0 Å². The van der Waals surface area contributed by atoms with E-state index in [9.17, 15) is 9.59 Å².